The van der Waals surface area contributed by atoms with E-state index in [9.17, 15) is 61.0 Å². The molecule has 0 spiro atoms. The predicted octanol–water partition coefficient (Wildman–Crippen LogP) is -3.07. The minimum atomic E-state index is -2.01. The number of hydrogen-bond acceptors (Lipinski definition) is 17. The van der Waals surface area contributed by atoms with Crippen LogP contribution in [-0.2, 0) is 9.47 Å². The summed E-state index contributed by atoms with van der Waals surface area (Å²) in [6, 6.07) is 6.29. The highest BCUT2D eigenvalue weighted by molar-refractivity contribution is 5.95. The van der Waals surface area contributed by atoms with Gasteiger partial charge in [0.25, 0.3) is 0 Å². The average Bonchev–Trinajstić information content (AvgIpc) is 3.01. The molecule has 0 aliphatic carbocycles. The summed E-state index contributed by atoms with van der Waals surface area (Å²) in [5.41, 5.74) is -1.33. The van der Waals surface area contributed by atoms with Gasteiger partial charge in [-0.15, -0.1) is 0 Å². The van der Waals surface area contributed by atoms with Crippen LogP contribution in [-0.4, -0.2) is 131 Å². The molecule has 3 aromatic rings. The Bertz CT molecular complexity index is 1540. The lowest BCUT2D eigenvalue weighted by Crippen LogP contribution is -2.60. The van der Waals surface area contributed by atoms with Crippen LogP contribution in [0.3, 0.4) is 0 Å². The summed E-state index contributed by atoms with van der Waals surface area (Å²) in [5.74, 6) is -4.28. The molecule has 2 aliphatic rings. The molecule has 0 unspecified atom stereocenters. The molecule has 17 heteroatoms. The zero-order chi connectivity index (χ0) is 32.0. The number of fused-ring (bicyclic) bond motifs is 1. The number of aromatic hydroxyl groups is 3. The van der Waals surface area contributed by atoms with Crippen LogP contribution in [0.5, 0.6) is 28.7 Å². The van der Waals surface area contributed by atoms with Gasteiger partial charge >= 0.3 is 0 Å². The van der Waals surface area contributed by atoms with E-state index in [2.05, 4.69) is 0 Å². The summed E-state index contributed by atoms with van der Waals surface area (Å²) >= 11 is 0. The van der Waals surface area contributed by atoms with Crippen molar-refractivity contribution in [2.45, 2.75) is 61.4 Å². The molecule has 11 N–H and O–H groups in total. The van der Waals surface area contributed by atoms with E-state index in [0.29, 0.717) is 0 Å². The van der Waals surface area contributed by atoms with Crippen LogP contribution < -0.4 is 14.9 Å². The number of ether oxygens (including phenoxy) is 4. The number of phenols is 3. The van der Waals surface area contributed by atoms with E-state index in [-0.39, 0.29) is 17.1 Å². The van der Waals surface area contributed by atoms with E-state index < -0.39 is 114 Å². The smallest absolute Gasteiger partial charge is 0.229 e. The second-order valence-electron chi connectivity index (χ2n) is 10.2. The number of rotatable bonds is 7. The Hall–Kier alpha value is -3.75. The maximum atomic E-state index is 13.3. The van der Waals surface area contributed by atoms with Crippen molar-refractivity contribution >= 4 is 11.0 Å². The first-order chi connectivity index (χ1) is 20.9. The van der Waals surface area contributed by atoms with Crippen LogP contribution >= 0.6 is 0 Å². The topological polar surface area (TPSA) is 290 Å². The molecule has 44 heavy (non-hydrogen) atoms. The Morgan fingerprint density at radius 3 is 1.66 bits per heavy atom. The summed E-state index contributed by atoms with van der Waals surface area (Å²) < 4.78 is 27.5. The van der Waals surface area contributed by atoms with Crippen molar-refractivity contribution in [2.75, 3.05) is 13.2 Å². The van der Waals surface area contributed by atoms with Crippen molar-refractivity contribution in [1.29, 1.82) is 0 Å². The first-order valence-electron chi connectivity index (χ1n) is 13.2. The standard InChI is InChI=1S/C27H30O17/c28-6-12-15(32)18(35)20(37)26(41-12)43-24-17(34)14-10(31)5-11(8-1-3-9(30)4-2-8)40-23(14)25(22(24)39)44-27-21(38)19(36)16(33)13(7-29)42-27/h1-5,12-13,15-16,18-21,26-30,32-39H,6-7H2/t12-,13-,15+,16-,18-,19+,20-,21-,26-,27-/m1/s1. The normalized spacial score (nSPS) is 32.5. The monoisotopic (exact) mass is 626 g/mol. The van der Waals surface area contributed by atoms with Crippen LogP contribution in [0.1, 0.15) is 0 Å². The molecule has 10 atom stereocenters. The fraction of sp³-hybridized carbons (Fsp3) is 0.444. The van der Waals surface area contributed by atoms with E-state index >= 15 is 0 Å². The van der Waals surface area contributed by atoms with Gasteiger partial charge in [-0.1, -0.05) is 0 Å². The molecule has 0 radical (unpaired) electrons. The molecule has 17 nitrogen and oxygen atoms in total. The van der Waals surface area contributed by atoms with Gasteiger partial charge < -0.3 is 79.5 Å². The van der Waals surface area contributed by atoms with Crippen molar-refractivity contribution in [3.05, 3.63) is 40.6 Å². The first-order valence-corrected chi connectivity index (χ1v) is 13.2. The Balaban J connectivity index is 1.67. The molecule has 240 valence electrons. The molecule has 3 heterocycles. The van der Waals surface area contributed by atoms with Crippen LogP contribution in [0.25, 0.3) is 22.3 Å². The number of hydrogen-bond donors (Lipinski definition) is 11. The van der Waals surface area contributed by atoms with Gasteiger partial charge in [0.2, 0.25) is 29.8 Å². The van der Waals surface area contributed by atoms with Crippen molar-refractivity contribution in [3.63, 3.8) is 0 Å². The lowest BCUT2D eigenvalue weighted by Gasteiger charge is -2.40. The highest BCUT2D eigenvalue weighted by Gasteiger charge is 2.47. The highest BCUT2D eigenvalue weighted by Crippen LogP contribution is 2.51. The van der Waals surface area contributed by atoms with Crippen molar-refractivity contribution < 1.29 is 79.5 Å². The molecule has 5 rings (SSSR count). The molecule has 2 aromatic carbocycles. The summed E-state index contributed by atoms with van der Waals surface area (Å²) in [6.07, 6.45) is -18.2. The molecule has 2 aliphatic heterocycles. The maximum absolute atomic E-state index is 13.3. The Labute approximate surface area is 246 Å². The Morgan fingerprint density at radius 1 is 0.659 bits per heavy atom. The Morgan fingerprint density at radius 2 is 1.16 bits per heavy atom. The number of phenolic OH excluding ortho intramolecular Hbond substituents is 3. The maximum Gasteiger partial charge on any atom is 0.229 e. The molecule has 0 saturated carbocycles. The Kier molecular flexibility index (Phi) is 8.87. The SMILES string of the molecule is O=c1cc(-c2ccc(O)cc2)oc2c(O[C@H]3O[C@H](CO)[C@@H](O)[C@H](O)[C@H]3O)c(O)c(O[C@H]3O[C@H](CO)[C@H](O)[C@@H](O)[C@H]3O)c(O)c12. The average molecular weight is 627 g/mol. The molecule has 1 aromatic heterocycles. The molecular weight excluding hydrogens is 596 g/mol. The molecule has 2 saturated heterocycles. The minimum Gasteiger partial charge on any atom is -0.508 e. The number of aliphatic hydroxyl groups is 8. The molecule has 0 bridgehead atoms. The lowest BCUT2D eigenvalue weighted by atomic mass is 9.99. The third-order valence-electron chi connectivity index (χ3n) is 7.35. The van der Waals surface area contributed by atoms with E-state index in [1.54, 1.807) is 0 Å². The van der Waals surface area contributed by atoms with Gasteiger partial charge in [-0.3, -0.25) is 4.79 Å². The largest absolute Gasteiger partial charge is 0.508 e. The molecule has 0 amide bonds. The van der Waals surface area contributed by atoms with Gasteiger partial charge in [0, 0.05) is 11.6 Å². The van der Waals surface area contributed by atoms with Crippen LogP contribution in [0.4, 0.5) is 0 Å². The van der Waals surface area contributed by atoms with Gasteiger partial charge in [-0.25, -0.2) is 0 Å². The summed E-state index contributed by atoms with van der Waals surface area (Å²) in [4.78, 5) is 13.3. The number of benzene rings is 2. The zero-order valence-electron chi connectivity index (χ0n) is 22.4. The fourth-order valence-corrected chi connectivity index (χ4v) is 4.86. The van der Waals surface area contributed by atoms with Gasteiger partial charge in [0.05, 0.1) is 13.2 Å². The third kappa shape index (κ3) is 5.50. The molecule has 2 fully saturated rings. The van der Waals surface area contributed by atoms with Crippen LogP contribution in [0, 0.1) is 0 Å². The molecular formula is C27H30O17. The van der Waals surface area contributed by atoms with E-state index in [0.717, 1.165) is 6.07 Å². The van der Waals surface area contributed by atoms with E-state index in [4.69, 9.17) is 23.4 Å². The van der Waals surface area contributed by atoms with Gasteiger partial charge in [-0.2, -0.15) is 0 Å². The van der Waals surface area contributed by atoms with Crippen LogP contribution in [0.2, 0.25) is 0 Å². The quantitative estimate of drug-likeness (QED) is 0.124. The second-order valence-corrected chi connectivity index (χ2v) is 10.2. The van der Waals surface area contributed by atoms with Crippen molar-refractivity contribution in [1.82, 2.24) is 0 Å². The van der Waals surface area contributed by atoms with Crippen molar-refractivity contribution in [2.24, 2.45) is 0 Å². The van der Waals surface area contributed by atoms with E-state index in [1.807, 2.05) is 0 Å². The summed E-state index contributed by atoms with van der Waals surface area (Å²) in [7, 11) is 0. The second kappa shape index (κ2) is 12.3. The highest BCUT2D eigenvalue weighted by atomic mass is 16.7. The van der Waals surface area contributed by atoms with Gasteiger partial charge in [0.1, 0.15) is 65.7 Å². The third-order valence-corrected chi connectivity index (χ3v) is 7.35. The van der Waals surface area contributed by atoms with Crippen molar-refractivity contribution in [3.8, 4) is 40.1 Å². The fourth-order valence-electron chi connectivity index (χ4n) is 4.86. The summed E-state index contributed by atoms with van der Waals surface area (Å²) in [6.45, 7) is -1.67. The van der Waals surface area contributed by atoms with Crippen LogP contribution in [0.15, 0.2) is 39.5 Å². The lowest BCUT2D eigenvalue weighted by molar-refractivity contribution is -0.279. The van der Waals surface area contributed by atoms with E-state index in [1.165, 1.54) is 24.3 Å². The first kappa shape index (κ1) is 31.7. The zero-order valence-corrected chi connectivity index (χ0v) is 22.4. The summed E-state index contributed by atoms with van der Waals surface area (Å²) in [5, 5.41) is 112. The predicted molar refractivity (Wildman–Crippen MR) is 142 cm³/mol. The van der Waals surface area contributed by atoms with Gasteiger partial charge in [-0.05, 0) is 24.3 Å². The van der Waals surface area contributed by atoms with Gasteiger partial charge in [0.15, 0.2) is 16.8 Å². The number of aliphatic hydroxyl groups excluding tert-OH is 8. The minimum absolute atomic E-state index is 0.103.